The topological polar surface area (TPSA) is 20.2 Å². The van der Waals surface area contributed by atoms with Crippen LogP contribution in [0.15, 0.2) is 0 Å². The van der Waals surface area contributed by atoms with Gasteiger partial charge >= 0.3 is 0 Å². The highest BCUT2D eigenvalue weighted by molar-refractivity contribution is 5.75. The number of aliphatic hydroxyl groups excluding tert-OH is 1. The predicted molar refractivity (Wildman–Crippen MR) is 27.3 cm³/mol. The van der Waals surface area contributed by atoms with E-state index in [2.05, 4.69) is 0 Å². The van der Waals surface area contributed by atoms with Gasteiger partial charge in [0.05, 0.1) is 8.41 Å². The van der Waals surface area contributed by atoms with Gasteiger partial charge in [0.15, 0.2) is 0 Å². The van der Waals surface area contributed by atoms with Crippen molar-refractivity contribution in [2.24, 2.45) is 0 Å². The molecule has 0 aromatic carbocycles. The Labute approximate surface area is 34.6 Å². The summed E-state index contributed by atoms with van der Waals surface area (Å²) in [7, 11) is 0. The lowest BCUT2D eigenvalue weighted by Crippen LogP contribution is -1.85. The Bertz CT molecular complexity index is 11.6. The van der Waals surface area contributed by atoms with Crippen molar-refractivity contribution in [3.05, 3.63) is 0 Å². The van der Waals surface area contributed by atoms with Gasteiger partial charge in [0.2, 0.25) is 0 Å². The molecule has 0 aromatic heterocycles. The van der Waals surface area contributed by atoms with E-state index in [0.29, 0.717) is 0 Å². The molecule has 0 aliphatic carbocycles. The van der Waals surface area contributed by atoms with Gasteiger partial charge in [-0.15, -0.1) is 0 Å². The fourth-order valence-electron chi connectivity index (χ4n) is 0. The first-order valence-electron chi connectivity index (χ1n) is 1.41. The molecule has 0 spiro atoms. The number of hydrogen-bond donors (Lipinski definition) is 1. The van der Waals surface area contributed by atoms with Crippen LogP contribution in [0.4, 0.5) is 0 Å². The quantitative estimate of drug-likeness (QED) is 0.373. The summed E-state index contributed by atoms with van der Waals surface area (Å²) in [4.78, 5) is 0. The lowest BCUT2D eigenvalue weighted by atomic mass is 10.5. The molecular weight excluding hydrogens is 62.8 g/mol. The second-order valence-electron chi connectivity index (χ2n) is 1.09. The second kappa shape index (κ2) is 4.02. The predicted octanol–water partition coefficient (Wildman–Crippen LogP) is -0.797. The van der Waals surface area contributed by atoms with Crippen LogP contribution in [0.5, 0.6) is 0 Å². The largest absolute Gasteiger partial charge is 0.394 e. The maximum Gasteiger partial charge on any atom is 0.0814 e. The third-order valence-corrected chi connectivity index (χ3v) is 0. The molecule has 0 aliphatic heterocycles. The highest BCUT2D eigenvalue weighted by atomic mass is 16.3. The van der Waals surface area contributed by atoms with E-state index in [4.69, 9.17) is 5.11 Å². The first kappa shape index (κ1) is 8.90. The second-order valence-corrected chi connectivity index (χ2v) is 1.09. The van der Waals surface area contributed by atoms with Crippen molar-refractivity contribution in [1.82, 2.24) is 0 Å². The Morgan fingerprint density at radius 3 is 1.40 bits per heavy atom. The minimum absolute atomic E-state index is 0. The fraction of sp³-hybridized carbons (Fsp3) is 1.00. The lowest BCUT2D eigenvalue weighted by Gasteiger charge is -1.80. The molecule has 0 amide bonds. The van der Waals surface area contributed by atoms with Crippen molar-refractivity contribution >= 4 is 8.41 Å². The molecule has 1 N–H and O–H groups in total. The Morgan fingerprint density at radius 2 is 1.40 bits per heavy atom. The standard InChI is InChI=1S/C3H8O.BH3/c1-3(2)4;/h3-4H,1-2H3;1H3. The summed E-state index contributed by atoms with van der Waals surface area (Å²) in [5, 5.41) is 8.06. The van der Waals surface area contributed by atoms with E-state index in [1.807, 2.05) is 0 Å². The van der Waals surface area contributed by atoms with Crippen LogP contribution in [-0.2, 0) is 0 Å². The zero-order chi connectivity index (χ0) is 3.58. The molecular formula is C3H11BO. The number of aliphatic hydroxyl groups is 1. The summed E-state index contributed by atoms with van der Waals surface area (Å²) < 4.78 is 0. The van der Waals surface area contributed by atoms with Crippen molar-refractivity contribution < 1.29 is 5.11 Å². The number of rotatable bonds is 0. The smallest absolute Gasteiger partial charge is 0.0814 e. The van der Waals surface area contributed by atoms with Crippen LogP contribution in [0.2, 0.25) is 0 Å². The van der Waals surface area contributed by atoms with Gasteiger partial charge in [-0.2, -0.15) is 0 Å². The van der Waals surface area contributed by atoms with Crippen LogP contribution < -0.4 is 0 Å². The molecule has 0 saturated carbocycles. The van der Waals surface area contributed by atoms with E-state index in [1.165, 1.54) is 0 Å². The molecule has 0 atom stereocenters. The first-order chi connectivity index (χ1) is 1.73. The third-order valence-electron chi connectivity index (χ3n) is 0. The summed E-state index contributed by atoms with van der Waals surface area (Å²) >= 11 is 0. The fourth-order valence-corrected chi connectivity index (χ4v) is 0. The summed E-state index contributed by atoms with van der Waals surface area (Å²) in [6.45, 7) is 3.44. The van der Waals surface area contributed by atoms with Gasteiger partial charge in [-0.3, -0.25) is 0 Å². The molecule has 0 bridgehead atoms. The third kappa shape index (κ3) is 26500. The van der Waals surface area contributed by atoms with Crippen LogP contribution in [0.1, 0.15) is 13.8 Å². The van der Waals surface area contributed by atoms with E-state index in [-0.39, 0.29) is 14.5 Å². The molecule has 0 radical (unpaired) electrons. The van der Waals surface area contributed by atoms with Gasteiger partial charge in [0.1, 0.15) is 0 Å². The Balaban J connectivity index is 0. The van der Waals surface area contributed by atoms with Gasteiger partial charge in [-0.05, 0) is 13.8 Å². The van der Waals surface area contributed by atoms with Gasteiger partial charge < -0.3 is 5.11 Å². The Morgan fingerprint density at radius 1 is 1.40 bits per heavy atom. The Kier molecular flexibility index (Phi) is 7.16. The summed E-state index contributed by atoms with van der Waals surface area (Å²) in [5.74, 6) is 0. The summed E-state index contributed by atoms with van der Waals surface area (Å²) in [6, 6.07) is 0. The molecule has 0 aliphatic rings. The molecule has 0 unspecified atom stereocenters. The first-order valence-corrected chi connectivity index (χ1v) is 1.41. The van der Waals surface area contributed by atoms with Crippen molar-refractivity contribution in [2.75, 3.05) is 0 Å². The van der Waals surface area contributed by atoms with Gasteiger partial charge in [0.25, 0.3) is 0 Å². The van der Waals surface area contributed by atoms with Crippen LogP contribution >= 0.6 is 0 Å². The molecule has 5 heavy (non-hydrogen) atoms. The minimum Gasteiger partial charge on any atom is -0.394 e. The SMILES string of the molecule is B.CC(C)O. The van der Waals surface area contributed by atoms with Crippen LogP contribution in [-0.4, -0.2) is 19.6 Å². The number of hydrogen-bond acceptors (Lipinski definition) is 1. The van der Waals surface area contributed by atoms with Crippen LogP contribution in [0.25, 0.3) is 0 Å². The van der Waals surface area contributed by atoms with Crippen molar-refractivity contribution in [2.45, 2.75) is 20.0 Å². The zero-order valence-corrected chi connectivity index (χ0v) is 3.02. The molecule has 1 nitrogen and oxygen atoms in total. The summed E-state index contributed by atoms with van der Waals surface area (Å²) in [5.41, 5.74) is 0. The zero-order valence-electron chi connectivity index (χ0n) is 3.02. The van der Waals surface area contributed by atoms with E-state index < -0.39 is 0 Å². The van der Waals surface area contributed by atoms with Crippen molar-refractivity contribution in [1.29, 1.82) is 0 Å². The highest BCUT2D eigenvalue weighted by Crippen LogP contribution is 1.65. The van der Waals surface area contributed by atoms with Crippen molar-refractivity contribution in [3.63, 3.8) is 0 Å². The normalized spacial score (nSPS) is 7.20. The van der Waals surface area contributed by atoms with Gasteiger partial charge in [-0.25, -0.2) is 0 Å². The van der Waals surface area contributed by atoms with Crippen LogP contribution in [0, 0.1) is 0 Å². The lowest BCUT2D eigenvalue weighted by molar-refractivity contribution is 0.216. The molecule has 0 heterocycles. The highest BCUT2D eigenvalue weighted by Gasteiger charge is 1.69. The van der Waals surface area contributed by atoms with E-state index in [1.54, 1.807) is 13.8 Å². The molecule has 0 aromatic rings. The summed E-state index contributed by atoms with van der Waals surface area (Å²) in [6.07, 6.45) is -0.167. The average Bonchev–Trinajstić information content (AvgIpc) is 0.811. The minimum atomic E-state index is -0.167. The molecule has 2 heteroatoms. The van der Waals surface area contributed by atoms with E-state index >= 15 is 0 Å². The molecule has 0 fully saturated rings. The van der Waals surface area contributed by atoms with Crippen LogP contribution in [0.3, 0.4) is 0 Å². The molecule has 32 valence electrons. The van der Waals surface area contributed by atoms with Crippen molar-refractivity contribution in [3.8, 4) is 0 Å². The molecule has 0 rings (SSSR count). The van der Waals surface area contributed by atoms with E-state index in [0.717, 1.165) is 0 Å². The average molecular weight is 73.9 g/mol. The monoisotopic (exact) mass is 74.1 g/mol. The Hall–Kier alpha value is 0.0249. The van der Waals surface area contributed by atoms with Gasteiger partial charge in [0, 0.05) is 6.10 Å². The maximum absolute atomic E-state index is 8.06. The van der Waals surface area contributed by atoms with Gasteiger partial charge in [-0.1, -0.05) is 0 Å². The maximum atomic E-state index is 8.06. The molecule has 0 saturated heterocycles. The van der Waals surface area contributed by atoms with E-state index in [9.17, 15) is 0 Å².